The number of benzene rings is 1. The molecule has 7 nitrogen and oxygen atoms in total. The number of aromatic nitrogens is 2. The first-order chi connectivity index (χ1) is 14.1. The lowest BCUT2D eigenvalue weighted by molar-refractivity contribution is -0.132. The van der Waals surface area contributed by atoms with Crippen LogP contribution in [0.5, 0.6) is 5.75 Å². The number of amides is 1. The van der Waals surface area contributed by atoms with Crippen LogP contribution in [0.1, 0.15) is 17.2 Å². The number of ketones is 1. The molecule has 3 aromatic rings. The van der Waals surface area contributed by atoms with Gasteiger partial charge >= 0.3 is 0 Å². The number of aliphatic hydroxyl groups excluding tert-OH is 1. The van der Waals surface area contributed by atoms with Crippen molar-refractivity contribution in [3.8, 4) is 5.75 Å². The molecule has 3 heterocycles. The van der Waals surface area contributed by atoms with Gasteiger partial charge in [-0.25, -0.2) is 0 Å². The second kappa shape index (κ2) is 7.55. The first-order valence-electron chi connectivity index (χ1n) is 8.88. The Bertz CT molecular complexity index is 1100. The van der Waals surface area contributed by atoms with Gasteiger partial charge < -0.3 is 9.84 Å². The fourth-order valence-electron chi connectivity index (χ4n) is 3.43. The first-order valence-corrected chi connectivity index (χ1v) is 8.88. The summed E-state index contributed by atoms with van der Waals surface area (Å²) in [4.78, 5) is 35.4. The third-order valence-corrected chi connectivity index (χ3v) is 4.74. The van der Waals surface area contributed by atoms with E-state index in [1.807, 2.05) is 0 Å². The molecule has 1 atom stereocenters. The molecule has 1 aliphatic rings. The number of rotatable bonds is 4. The van der Waals surface area contributed by atoms with E-state index in [4.69, 9.17) is 4.74 Å². The van der Waals surface area contributed by atoms with Gasteiger partial charge in [0.2, 0.25) is 0 Å². The predicted octanol–water partition coefficient (Wildman–Crippen LogP) is 3.11. The highest BCUT2D eigenvalue weighted by atomic mass is 16.5. The summed E-state index contributed by atoms with van der Waals surface area (Å²) in [7, 11) is 1.49. The molecular weight excluding hydrogens is 370 g/mol. The minimum atomic E-state index is -0.854. The summed E-state index contributed by atoms with van der Waals surface area (Å²) in [6.07, 6.45) is 6.18. The van der Waals surface area contributed by atoms with Gasteiger partial charge in [0.25, 0.3) is 11.7 Å². The molecule has 0 radical (unpaired) electrons. The molecule has 1 aliphatic heterocycles. The van der Waals surface area contributed by atoms with Crippen molar-refractivity contribution < 1.29 is 19.4 Å². The van der Waals surface area contributed by atoms with Crippen LogP contribution in [0.25, 0.3) is 5.76 Å². The van der Waals surface area contributed by atoms with E-state index in [0.29, 0.717) is 22.6 Å². The van der Waals surface area contributed by atoms with E-state index in [9.17, 15) is 14.7 Å². The Morgan fingerprint density at radius 2 is 1.76 bits per heavy atom. The van der Waals surface area contributed by atoms with Gasteiger partial charge in [-0.2, -0.15) is 0 Å². The lowest BCUT2D eigenvalue weighted by Gasteiger charge is -2.26. The van der Waals surface area contributed by atoms with Crippen LogP contribution < -0.4 is 9.64 Å². The number of anilines is 1. The highest BCUT2D eigenvalue weighted by Crippen LogP contribution is 2.44. The van der Waals surface area contributed by atoms with E-state index in [1.165, 1.54) is 24.4 Å². The molecule has 4 rings (SSSR count). The Kier molecular flexibility index (Phi) is 4.78. The molecule has 1 fully saturated rings. The molecule has 1 aromatic carbocycles. The molecular formula is C22H17N3O4. The number of carbonyl (C=O) groups excluding carboxylic acids is 2. The molecule has 0 spiro atoms. The summed E-state index contributed by atoms with van der Waals surface area (Å²) in [5, 5.41) is 10.9. The maximum atomic E-state index is 13.0. The van der Waals surface area contributed by atoms with Crippen LogP contribution in [-0.4, -0.2) is 33.9 Å². The normalized spacial score (nSPS) is 18.1. The van der Waals surface area contributed by atoms with Crippen LogP contribution in [0, 0.1) is 0 Å². The molecule has 144 valence electrons. The van der Waals surface area contributed by atoms with Crippen LogP contribution in [0.3, 0.4) is 0 Å². The molecule has 7 heteroatoms. The van der Waals surface area contributed by atoms with Crippen molar-refractivity contribution in [2.75, 3.05) is 12.0 Å². The van der Waals surface area contributed by atoms with Crippen molar-refractivity contribution in [1.82, 2.24) is 9.97 Å². The zero-order valence-corrected chi connectivity index (χ0v) is 15.5. The van der Waals surface area contributed by atoms with E-state index in [2.05, 4.69) is 9.97 Å². The largest absolute Gasteiger partial charge is 0.507 e. The molecule has 1 unspecified atom stereocenters. The minimum Gasteiger partial charge on any atom is -0.507 e. The van der Waals surface area contributed by atoms with Crippen molar-refractivity contribution in [2.45, 2.75) is 6.04 Å². The van der Waals surface area contributed by atoms with Gasteiger partial charge in [0.05, 0.1) is 24.4 Å². The third kappa shape index (κ3) is 3.12. The van der Waals surface area contributed by atoms with Crippen LogP contribution in [0.15, 0.2) is 78.9 Å². The second-order valence-corrected chi connectivity index (χ2v) is 6.36. The van der Waals surface area contributed by atoms with E-state index in [0.717, 1.165) is 0 Å². The Labute approximate surface area is 166 Å². The van der Waals surface area contributed by atoms with E-state index in [1.54, 1.807) is 60.9 Å². The smallest absolute Gasteiger partial charge is 0.300 e. The number of hydrogen-bond donors (Lipinski definition) is 1. The second-order valence-electron chi connectivity index (χ2n) is 6.36. The summed E-state index contributed by atoms with van der Waals surface area (Å²) >= 11 is 0. The molecule has 0 aliphatic carbocycles. The summed E-state index contributed by atoms with van der Waals surface area (Å²) < 4.78 is 5.40. The quantitative estimate of drug-likeness (QED) is 0.420. The number of pyridine rings is 2. The molecule has 0 saturated carbocycles. The molecule has 1 N–H and O–H groups in total. The fraction of sp³-hybridized carbons (Fsp3) is 0.0909. The van der Waals surface area contributed by atoms with Gasteiger partial charge in [0.15, 0.2) is 0 Å². The van der Waals surface area contributed by atoms with Crippen molar-refractivity contribution in [1.29, 1.82) is 0 Å². The Hall–Kier alpha value is -4.00. The van der Waals surface area contributed by atoms with Gasteiger partial charge in [0, 0.05) is 30.4 Å². The lowest BCUT2D eigenvalue weighted by Crippen LogP contribution is -2.29. The molecule has 0 bridgehead atoms. The van der Waals surface area contributed by atoms with Gasteiger partial charge in [-0.3, -0.25) is 24.5 Å². The Balaban J connectivity index is 1.97. The van der Waals surface area contributed by atoms with Crippen molar-refractivity contribution in [2.24, 2.45) is 0 Å². The zero-order chi connectivity index (χ0) is 20.4. The lowest BCUT2D eigenvalue weighted by atomic mass is 9.96. The number of para-hydroxylation sites is 2. The number of nitrogens with zero attached hydrogens (tertiary/aromatic N) is 3. The van der Waals surface area contributed by atoms with Crippen LogP contribution >= 0.6 is 0 Å². The fourth-order valence-corrected chi connectivity index (χ4v) is 3.43. The van der Waals surface area contributed by atoms with Gasteiger partial charge in [0.1, 0.15) is 11.5 Å². The van der Waals surface area contributed by atoms with Crippen LogP contribution in [0.2, 0.25) is 0 Å². The topological polar surface area (TPSA) is 92.6 Å². The summed E-state index contributed by atoms with van der Waals surface area (Å²) in [6, 6.07) is 12.7. The summed E-state index contributed by atoms with van der Waals surface area (Å²) in [6.45, 7) is 0. The SMILES string of the molecule is COc1ccccc1N1C(=O)C(=O)/C(=C(/O)c2ccncc2)C1c1cccnc1. The Morgan fingerprint density at radius 1 is 1.00 bits per heavy atom. The summed E-state index contributed by atoms with van der Waals surface area (Å²) in [5.74, 6) is -1.36. The molecule has 1 saturated heterocycles. The molecule has 29 heavy (non-hydrogen) atoms. The number of ether oxygens (including phenoxy) is 1. The van der Waals surface area contributed by atoms with Crippen molar-refractivity contribution in [3.05, 3.63) is 90.0 Å². The molecule has 1 amide bonds. The van der Waals surface area contributed by atoms with Gasteiger partial charge in [-0.1, -0.05) is 18.2 Å². The van der Waals surface area contributed by atoms with Crippen molar-refractivity contribution in [3.63, 3.8) is 0 Å². The number of methoxy groups -OCH3 is 1. The van der Waals surface area contributed by atoms with E-state index >= 15 is 0 Å². The maximum Gasteiger partial charge on any atom is 0.300 e. The van der Waals surface area contributed by atoms with Gasteiger partial charge in [-0.05, 0) is 35.9 Å². The third-order valence-electron chi connectivity index (χ3n) is 4.74. The van der Waals surface area contributed by atoms with Crippen LogP contribution in [-0.2, 0) is 9.59 Å². The first kappa shape index (κ1) is 18.4. The van der Waals surface area contributed by atoms with Crippen LogP contribution in [0.4, 0.5) is 5.69 Å². The standard InChI is InChI=1S/C22H17N3O4/c1-29-17-7-3-2-6-16(17)25-19(15-5-4-10-24-13-15)18(21(27)22(25)28)20(26)14-8-11-23-12-9-14/h2-13,19,26H,1H3/b20-18+. The Morgan fingerprint density at radius 3 is 2.45 bits per heavy atom. The number of hydrogen-bond acceptors (Lipinski definition) is 6. The monoisotopic (exact) mass is 387 g/mol. The average Bonchev–Trinajstić information content (AvgIpc) is 3.05. The molecule has 2 aromatic heterocycles. The van der Waals surface area contributed by atoms with E-state index in [-0.39, 0.29) is 11.3 Å². The average molecular weight is 387 g/mol. The predicted molar refractivity (Wildman–Crippen MR) is 106 cm³/mol. The number of aliphatic hydroxyl groups is 1. The number of Topliss-reactive ketones (excluding diaryl/α,β-unsaturated/α-hetero) is 1. The van der Waals surface area contributed by atoms with Gasteiger partial charge in [-0.15, -0.1) is 0 Å². The number of carbonyl (C=O) groups is 2. The highest BCUT2D eigenvalue weighted by Gasteiger charge is 2.47. The van der Waals surface area contributed by atoms with Crippen molar-refractivity contribution >= 4 is 23.1 Å². The highest BCUT2D eigenvalue weighted by molar-refractivity contribution is 6.51. The van der Waals surface area contributed by atoms with E-state index < -0.39 is 17.7 Å². The zero-order valence-electron chi connectivity index (χ0n) is 15.5. The maximum absolute atomic E-state index is 13.0. The summed E-state index contributed by atoms with van der Waals surface area (Å²) in [5.41, 5.74) is 1.40. The minimum absolute atomic E-state index is 0.0138.